The van der Waals surface area contributed by atoms with E-state index in [0.29, 0.717) is 187 Å². The Morgan fingerprint density at radius 3 is 2.49 bits per heavy atom. The third kappa shape index (κ3) is 15.8. The summed E-state index contributed by atoms with van der Waals surface area (Å²) in [5.74, 6) is 4.09. The summed E-state index contributed by atoms with van der Waals surface area (Å²) in [6.07, 6.45) is 5.48. The van der Waals surface area contributed by atoms with Gasteiger partial charge >= 0.3 is 5.97 Å². The van der Waals surface area contributed by atoms with Crippen LogP contribution in [0.4, 0.5) is 20.3 Å². The van der Waals surface area contributed by atoms with E-state index in [1.165, 1.54) is 28.7 Å². The first-order valence-corrected chi connectivity index (χ1v) is 31.5. The van der Waals surface area contributed by atoms with Gasteiger partial charge in [-0.25, -0.2) is 19.2 Å². The Bertz CT molecular complexity index is 3760. The van der Waals surface area contributed by atoms with Gasteiger partial charge in [0.05, 0.1) is 69.2 Å². The number of benzene rings is 4. The minimum atomic E-state index is -1.13. The predicted molar refractivity (Wildman–Crippen MR) is 334 cm³/mol. The van der Waals surface area contributed by atoms with Gasteiger partial charge in [0.2, 0.25) is 11.8 Å². The van der Waals surface area contributed by atoms with Crippen LogP contribution >= 0.6 is 22.7 Å². The number of carboxylic acid groups (broad SMARTS) is 1. The molecule has 89 heavy (non-hydrogen) atoms. The number of aromatic carboxylic acids is 1. The molecule has 25 heteroatoms. The van der Waals surface area contributed by atoms with E-state index >= 15 is 4.39 Å². The highest BCUT2D eigenvalue weighted by molar-refractivity contribution is 7.22. The first kappa shape index (κ1) is 62.0. The van der Waals surface area contributed by atoms with Crippen molar-refractivity contribution in [3.63, 3.8) is 0 Å². The van der Waals surface area contributed by atoms with Gasteiger partial charge in [-0.3, -0.25) is 34.1 Å². The van der Waals surface area contributed by atoms with Crippen LogP contribution in [0.15, 0.2) is 97.3 Å². The van der Waals surface area contributed by atoms with Crippen molar-refractivity contribution in [3.05, 3.63) is 153 Å². The van der Waals surface area contributed by atoms with E-state index in [0.717, 1.165) is 32.6 Å². The van der Waals surface area contributed by atoms with Gasteiger partial charge in [-0.15, -0.1) is 16.4 Å². The quantitative estimate of drug-likeness (QED) is 0.0289. The van der Waals surface area contributed by atoms with Crippen molar-refractivity contribution in [2.75, 3.05) is 101 Å². The van der Waals surface area contributed by atoms with Crippen molar-refractivity contribution in [2.24, 2.45) is 0 Å². The summed E-state index contributed by atoms with van der Waals surface area (Å²) in [6, 6.07) is 23.1. The largest absolute Gasteiger partial charge is 0.491 e. The second-order valence-corrected chi connectivity index (χ2v) is 24.0. The number of anilines is 3. The lowest BCUT2D eigenvalue weighted by Crippen LogP contribution is -2.49. The molecular weight excluding hydrogens is 1180 g/mol. The van der Waals surface area contributed by atoms with Gasteiger partial charge in [0.1, 0.15) is 11.7 Å². The number of amides is 4. The van der Waals surface area contributed by atoms with Gasteiger partial charge in [0, 0.05) is 104 Å². The molecule has 0 radical (unpaired) electrons. The molecule has 4 N–H and O–H groups in total. The normalized spacial score (nSPS) is 15.8. The van der Waals surface area contributed by atoms with E-state index in [4.69, 9.17) is 18.9 Å². The summed E-state index contributed by atoms with van der Waals surface area (Å²) in [5, 5.41) is 28.7. The summed E-state index contributed by atoms with van der Waals surface area (Å²) in [5.41, 5.74) is 7.46. The molecule has 2 fully saturated rings. The molecule has 464 valence electrons. The van der Waals surface area contributed by atoms with Crippen LogP contribution in [0.5, 0.6) is 5.75 Å². The first-order chi connectivity index (χ1) is 43.4. The number of hydrogen-bond donors (Lipinski definition) is 4. The number of rotatable bonds is 27. The number of aromatic nitrogens is 5. The maximum atomic E-state index is 15.2. The van der Waals surface area contributed by atoms with Crippen molar-refractivity contribution in [2.45, 2.75) is 77.2 Å². The number of allylic oxidation sites excluding steroid dienone is 1. The molecule has 3 aromatic heterocycles. The maximum Gasteiger partial charge on any atom is 0.355 e. The van der Waals surface area contributed by atoms with Gasteiger partial charge in [-0.05, 0) is 98.2 Å². The molecule has 0 aliphatic carbocycles. The van der Waals surface area contributed by atoms with Gasteiger partial charge in [-0.2, -0.15) is 0 Å². The summed E-state index contributed by atoms with van der Waals surface area (Å²) >= 11 is 2.72. The average Bonchev–Trinajstić information content (AvgIpc) is 2.26. The van der Waals surface area contributed by atoms with E-state index in [1.807, 2.05) is 64.5 Å². The minimum Gasteiger partial charge on any atom is -0.491 e. The molecule has 4 aromatic carbocycles. The number of fused-ring (bicyclic) bond motifs is 3. The summed E-state index contributed by atoms with van der Waals surface area (Å²) in [7, 11) is 0. The zero-order valence-corrected chi connectivity index (χ0v) is 50.8. The smallest absolute Gasteiger partial charge is 0.355 e. The monoisotopic (exact) mass is 1250 g/mol. The van der Waals surface area contributed by atoms with E-state index in [2.05, 4.69) is 59.6 Å². The number of piperazine rings is 1. The number of ether oxygens (including phenoxy) is 4. The molecule has 22 nitrogen and oxygen atoms in total. The average molecular weight is 1250 g/mol. The molecule has 1 unspecified atom stereocenters. The number of piperidine rings is 1. The Morgan fingerprint density at radius 2 is 1.67 bits per heavy atom. The van der Waals surface area contributed by atoms with Crippen LogP contribution in [0, 0.1) is 17.7 Å². The molecule has 1 atom stereocenters. The van der Waals surface area contributed by atoms with Gasteiger partial charge in [-0.1, -0.05) is 65.3 Å². The number of nitrogens with zero attached hydrogens (tertiary/aromatic N) is 9. The molecule has 7 aromatic rings. The third-order valence-electron chi connectivity index (χ3n) is 15.8. The molecular formula is C64H69FN12O10S2. The van der Waals surface area contributed by atoms with Crippen LogP contribution in [0.1, 0.15) is 96.1 Å². The SMILES string of the molecule is C=C1CCC(N2Cc3c(NCCOCCOCCOCc4cn(CCCC(=O)N5CCN(CC#Cc6ccc(OCCCc7sc(N8CCc9cccc(C(=O)Nc%10nc%11ccccc%11s%10)c9C8)nc7C(=O)O)c(F)c6)CC5)nn4)cccc3C2=O)C(=O)N1. The second kappa shape index (κ2) is 29.6. The molecule has 0 saturated carbocycles. The highest BCUT2D eigenvalue weighted by atomic mass is 32.1. The number of carboxylic acids is 1. The number of aryl methyl sites for hydroxylation is 2. The number of carbonyl (C=O) groups is 5. The van der Waals surface area contributed by atoms with E-state index in [-0.39, 0.29) is 48.3 Å². The molecule has 0 bridgehead atoms. The van der Waals surface area contributed by atoms with Gasteiger partial charge in [0.15, 0.2) is 27.5 Å². The van der Waals surface area contributed by atoms with E-state index in [9.17, 15) is 29.1 Å². The lowest BCUT2D eigenvalue weighted by atomic mass is 9.94. The van der Waals surface area contributed by atoms with Gasteiger partial charge < -0.3 is 49.4 Å². The Labute approximate surface area is 522 Å². The summed E-state index contributed by atoms with van der Waals surface area (Å²) in [6.45, 7) is 11.8. The Hall–Kier alpha value is -8.64. The highest BCUT2D eigenvalue weighted by Gasteiger charge is 2.39. The summed E-state index contributed by atoms with van der Waals surface area (Å²) < 4.78 is 40.8. The molecule has 4 aliphatic rings. The molecule has 11 rings (SSSR count). The molecule has 4 aliphatic heterocycles. The lowest BCUT2D eigenvalue weighted by Gasteiger charge is -2.33. The fourth-order valence-electron chi connectivity index (χ4n) is 11.1. The first-order valence-electron chi connectivity index (χ1n) is 29.9. The van der Waals surface area contributed by atoms with Crippen LogP contribution in [-0.4, -0.2) is 166 Å². The van der Waals surface area contributed by atoms with E-state index in [1.54, 1.807) is 33.8 Å². The number of hydrogen-bond acceptors (Lipinski definition) is 18. The number of nitrogens with one attached hydrogen (secondary N) is 3. The van der Waals surface area contributed by atoms with Crippen molar-refractivity contribution in [3.8, 4) is 17.6 Å². The number of thiazole rings is 2. The topological polar surface area (TPSA) is 248 Å². The molecule has 4 amide bonds. The highest BCUT2D eigenvalue weighted by Crippen LogP contribution is 2.35. The van der Waals surface area contributed by atoms with Crippen LogP contribution in [-0.2, 0) is 62.9 Å². The van der Waals surface area contributed by atoms with Crippen LogP contribution in [0.3, 0.4) is 0 Å². The van der Waals surface area contributed by atoms with Crippen molar-refractivity contribution >= 4 is 78.4 Å². The molecule has 7 heterocycles. The second-order valence-electron chi connectivity index (χ2n) is 21.9. The number of carbonyl (C=O) groups excluding carboxylic acids is 4. The maximum absolute atomic E-state index is 15.2. The zero-order valence-electron chi connectivity index (χ0n) is 49.2. The number of halogens is 1. The molecule has 0 spiro atoms. The van der Waals surface area contributed by atoms with Crippen LogP contribution < -0.4 is 25.6 Å². The Kier molecular flexibility index (Phi) is 20.6. The standard InChI is InChI=1S/C64H69FN12O10S2/c1-42-18-20-53(60(80)67-42)77-40-49-47(61(77)81)12-5-14-51(49)66-23-32-84-33-34-85-35-36-86-41-45-38-76(72-71-45)25-7-17-57(78)74-29-27-73(28-30-74)24-6-9-43-19-21-54(50(65)37-43)87-31-8-16-56-58(62(82)83)69-64(89-56)75-26-22-44-10-4-11-46(48(44)39-75)59(79)70-63-68-52-13-2-3-15-55(52)88-63/h2-5,10-15,19,21,37-38,53,66H,1,7-8,16-18,20,22-36,39-41H2,(H,67,80)(H,82,83)(H,68,70,79). The zero-order chi connectivity index (χ0) is 61.6. The Balaban J connectivity index is 0.523. The summed E-state index contributed by atoms with van der Waals surface area (Å²) in [4.78, 5) is 82.1. The fraction of sp³-hybridized carbons (Fsp3) is 0.391. The lowest BCUT2D eigenvalue weighted by molar-refractivity contribution is -0.133. The number of para-hydroxylation sites is 1. The third-order valence-corrected chi connectivity index (χ3v) is 17.9. The van der Waals surface area contributed by atoms with Crippen LogP contribution in [0.25, 0.3) is 10.2 Å². The van der Waals surface area contributed by atoms with Crippen molar-refractivity contribution in [1.82, 2.24) is 45.0 Å². The van der Waals surface area contributed by atoms with Crippen molar-refractivity contribution in [1.29, 1.82) is 0 Å². The van der Waals surface area contributed by atoms with Crippen molar-refractivity contribution < 1.29 is 52.4 Å². The van der Waals surface area contributed by atoms with Crippen LogP contribution in [0.2, 0.25) is 0 Å². The fourth-order valence-corrected chi connectivity index (χ4v) is 13.1. The Morgan fingerprint density at radius 1 is 0.854 bits per heavy atom. The van der Waals surface area contributed by atoms with Gasteiger partial charge in [0.25, 0.3) is 11.8 Å². The predicted octanol–water partition coefficient (Wildman–Crippen LogP) is 7.39. The molecule has 2 saturated heterocycles. The minimum absolute atomic E-state index is 0.0248. The van der Waals surface area contributed by atoms with E-state index < -0.39 is 17.8 Å².